The van der Waals surface area contributed by atoms with Crippen LogP contribution in [-0.2, 0) is 10.2 Å². The molecule has 2 aliphatic rings. The first kappa shape index (κ1) is 31.7. The molecule has 0 bridgehead atoms. The first-order chi connectivity index (χ1) is 21.6. The van der Waals surface area contributed by atoms with Crippen molar-refractivity contribution in [3.05, 3.63) is 42.2 Å². The van der Waals surface area contributed by atoms with E-state index in [1.54, 1.807) is 22.8 Å². The molecule has 4 aromatic rings. The fourth-order valence-corrected chi connectivity index (χ4v) is 6.69. The number of H-pyrrole nitrogens is 1. The number of benzene rings is 1. The highest BCUT2D eigenvalue weighted by atomic mass is 16.6. The molecule has 0 radical (unpaired) electrons. The van der Waals surface area contributed by atoms with Gasteiger partial charge in [-0.2, -0.15) is 0 Å². The summed E-state index contributed by atoms with van der Waals surface area (Å²) < 4.78 is 7.76. The summed E-state index contributed by atoms with van der Waals surface area (Å²) in [6.07, 6.45) is 0.385. The molecular formula is C30H42N8O7. The summed E-state index contributed by atoms with van der Waals surface area (Å²) in [6, 6.07) is 5.57. The number of ether oxygens (including phenoxy) is 1. The Kier molecular flexibility index (Phi) is 8.80. The van der Waals surface area contributed by atoms with Crippen LogP contribution in [0.1, 0.15) is 56.8 Å². The Hall–Kier alpha value is -3.28. The molecule has 5 atom stereocenters. The summed E-state index contributed by atoms with van der Waals surface area (Å²) in [6.45, 7) is 3.35. The quantitative estimate of drug-likeness (QED) is 0.101. The standard InChI is InChI=1S/C30H42N8O7/c1-15(2)37(9-22-24(43)25(44)29(45-22)38-14-34-23-26(31)32-13-33-28(23)38)18-5-16(6-18)7-21(42)27-35-19-4-3-17(8-20(19)36-27)30(10-39,11-40)12-41/h3-4,8,13-16,18,21-22,24-25,29,39-44H,5-7,9-12H2,1-2H3,(H,35,36)(H2,31,32,33). The summed E-state index contributed by atoms with van der Waals surface area (Å²) in [5.74, 6) is 0.921. The van der Waals surface area contributed by atoms with E-state index in [-0.39, 0.29) is 23.8 Å². The highest BCUT2D eigenvalue weighted by Crippen LogP contribution is 2.40. The van der Waals surface area contributed by atoms with Gasteiger partial charge in [0.1, 0.15) is 42.1 Å². The lowest BCUT2D eigenvalue weighted by Gasteiger charge is -2.46. The van der Waals surface area contributed by atoms with E-state index in [2.05, 4.69) is 43.7 Å². The summed E-state index contributed by atoms with van der Waals surface area (Å²) in [7, 11) is 0. The molecule has 0 spiro atoms. The monoisotopic (exact) mass is 626 g/mol. The molecule has 5 unspecified atom stereocenters. The SMILES string of the molecule is CC(C)N(CC1OC(n2cnc3c(N)ncnc32)C(O)C1O)C1CC(CC(O)c2nc3ccc(C(CO)(CO)CO)cc3[nH]2)C1. The molecule has 9 N–H and O–H groups in total. The third-order valence-corrected chi connectivity index (χ3v) is 9.63. The van der Waals surface area contributed by atoms with Gasteiger partial charge in [0, 0.05) is 18.6 Å². The van der Waals surface area contributed by atoms with Crippen LogP contribution in [0.3, 0.4) is 0 Å². The number of aromatic amines is 1. The second-order valence-corrected chi connectivity index (χ2v) is 12.8. The zero-order valence-corrected chi connectivity index (χ0v) is 25.3. The zero-order valence-electron chi connectivity index (χ0n) is 25.3. The van der Waals surface area contributed by atoms with Crippen LogP contribution in [0.15, 0.2) is 30.9 Å². The molecule has 2 fully saturated rings. The number of nitrogens with zero attached hydrogens (tertiary/aromatic N) is 6. The Morgan fingerprint density at radius 1 is 1.09 bits per heavy atom. The van der Waals surface area contributed by atoms with E-state index in [4.69, 9.17) is 10.5 Å². The van der Waals surface area contributed by atoms with Crippen molar-refractivity contribution in [2.45, 2.75) is 81.3 Å². The van der Waals surface area contributed by atoms with Crippen molar-refractivity contribution >= 4 is 28.0 Å². The zero-order chi connectivity index (χ0) is 32.0. The predicted molar refractivity (Wildman–Crippen MR) is 163 cm³/mol. The molecule has 15 heteroatoms. The van der Waals surface area contributed by atoms with Crippen molar-refractivity contribution in [2.75, 3.05) is 32.1 Å². The minimum atomic E-state index is -1.19. The number of nitrogens with two attached hydrogens (primary N) is 1. The Bertz CT molecular complexity index is 1610. The van der Waals surface area contributed by atoms with E-state index in [9.17, 15) is 30.6 Å². The summed E-state index contributed by atoms with van der Waals surface area (Å²) in [5, 5.41) is 62.2. The molecule has 244 valence electrons. The van der Waals surface area contributed by atoms with E-state index < -0.39 is 55.9 Å². The number of rotatable bonds is 12. The van der Waals surface area contributed by atoms with Crippen LogP contribution in [-0.4, -0.2) is 122 Å². The van der Waals surface area contributed by atoms with Gasteiger partial charge in [0.05, 0.1) is 42.6 Å². The maximum Gasteiger partial charge on any atom is 0.167 e. The molecule has 3 aromatic heterocycles. The topological polar surface area (TPSA) is 232 Å². The molecule has 1 aliphatic heterocycles. The normalized spacial score (nSPS) is 26.4. The van der Waals surface area contributed by atoms with Crippen LogP contribution >= 0.6 is 0 Å². The summed E-state index contributed by atoms with van der Waals surface area (Å²) in [5.41, 5.74) is 7.42. The summed E-state index contributed by atoms with van der Waals surface area (Å²) >= 11 is 0. The average molecular weight is 627 g/mol. The Morgan fingerprint density at radius 2 is 1.82 bits per heavy atom. The molecule has 1 aromatic carbocycles. The van der Waals surface area contributed by atoms with Crippen molar-refractivity contribution < 1.29 is 35.4 Å². The van der Waals surface area contributed by atoms with Gasteiger partial charge in [-0.3, -0.25) is 9.47 Å². The molecule has 15 nitrogen and oxygen atoms in total. The second-order valence-electron chi connectivity index (χ2n) is 12.8. The van der Waals surface area contributed by atoms with E-state index in [0.29, 0.717) is 46.6 Å². The van der Waals surface area contributed by atoms with E-state index >= 15 is 0 Å². The van der Waals surface area contributed by atoms with Gasteiger partial charge >= 0.3 is 0 Å². The van der Waals surface area contributed by atoms with Gasteiger partial charge in [-0.25, -0.2) is 19.9 Å². The first-order valence-electron chi connectivity index (χ1n) is 15.3. The maximum atomic E-state index is 11.0. The van der Waals surface area contributed by atoms with Crippen molar-refractivity contribution in [1.82, 2.24) is 34.4 Å². The molecule has 0 amide bonds. The smallest absolute Gasteiger partial charge is 0.167 e. The fraction of sp³-hybridized carbons (Fsp3) is 0.600. The number of anilines is 1. The highest BCUT2D eigenvalue weighted by Gasteiger charge is 2.47. The van der Waals surface area contributed by atoms with Crippen molar-refractivity contribution in [3.8, 4) is 0 Å². The Morgan fingerprint density at radius 3 is 2.51 bits per heavy atom. The van der Waals surface area contributed by atoms with Crippen LogP contribution in [0, 0.1) is 5.92 Å². The van der Waals surface area contributed by atoms with Crippen LogP contribution in [0.25, 0.3) is 22.2 Å². The van der Waals surface area contributed by atoms with E-state index in [1.165, 1.54) is 12.7 Å². The lowest BCUT2D eigenvalue weighted by molar-refractivity contribution is -0.0640. The van der Waals surface area contributed by atoms with Gasteiger partial charge in [0.2, 0.25) is 0 Å². The van der Waals surface area contributed by atoms with Crippen molar-refractivity contribution in [1.29, 1.82) is 0 Å². The van der Waals surface area contributed by atoms with Crippen LogP contribution < -0.4 is 5.73 Å². The third-order valence-electron chi connectivity index (χ3n) is 9.63. The fourth-order valence-electron chi connectivity index (χ4n) is 6.69. The number of aromatic nitrogens is 6. The highest BCUT2D eigenvalue weighted by molar-refractivity contribution is 5.81. The maximum absolute atomic E-state index is 11.0. The minimum Gasteiger partial charge on any atom is -0.395 e. The minimum absolute atomic E-state index is 0.155. The van der Waals surface area contributed by atoms with E-state index in [1.807, 2.05) is 0 Å². The van der Waals surface area contributed by atoms with Gasteiger partial charge in [0.25, 0.3) is 0 Å². The molecular weight excluding hydrogens is 584 g/mol. The van der Waals surface area contributed by atoms with Crippen LogP contribution in [0.2, 0.25) is 0 Å². The number of hydrogen-bond acceptors (Lipinski definition) is 13. The Balaban J connectivity index is 1.08. The van der Waals surface area contributed by atoms with Crippen LogP contribution in [0.5, 0.6) is 0 Å². The number of fused-ring (bicyclic) bond motifs is 2. The van der Waals surface area contributed by atoms with Gasteiger partial charge in [-0.15, -0.1) is 0 Å². The molecule has 1 saturated carbocycles. The first-order valence-corrected chi connectivity index (χ1v) is 15.3. The second kappa shape index (κ2) is 12.5. The van der Waals surface area contributed by atoms with Gasteiger partial charge < -0.3 is 46.1 Å². The number of hydrogen-bond donors (Lipinski definition) is 8. The molecule has 6 rings (SSSR count). The Labute approximate surface area is 259 Å². The molecule has 1 saturated heterocycles. The van der Waals surface area contributed by atoms with Gasteiger partial charge in [0.15, 0.2) is 17.7 Å². The number of nitrogen functional groups attached to an aromatic ring is 1. The average Bonchev–Trinajstić information content (AvgIpc) is 3.71. The summed E-state index contributed by atoms with van der Waals surface area (Å²) in [4.78, 5) is 22.4. The molecule has 45 heavy (non-hydrogen) atoms. The van der Waals surface area contributed by atoms with E-state index in [0.717, 1.165) is 12.8 Å². The molecule has 4 heterocycles. The third kappa shape index (κ3) is 5.67. The largest absolute Gasteiger partial charge is 0.395 e. The van der Waals surface area contributed by atoms with Crippen molar-refractivity contribution in [2.24, 2.45) is 5.92 Å². The lowest BCUT2D eigenvalue weighted by Crippen LogP contribution is -2.52. The predicted octanol–water partition coefficient (Wildman–Crippen LogP) is -0.269. The number of aliphatic hydroxyl groups excluding tert-OH is 6. The lowest BCUT2D eigenvalue weighted by atomic mass is 9.75. The van der Waals surface area contributed by atoms with Crippen LogP contribution in [0.4, 0.5) is 5.82 Å². The van der Waals surface area contributed by atoms with Gasteiger partial charge in [-0.05, 0) is 56.7 Å². The number of aliphatic hydroxyl groups is 6. The molecule has 1 aliphatic carbocycles. The number of imidazole rings is 2. The number of nitrogens with one attached hydrogen (secondary N) is 1. The van der Waals surface area contributed by atoms with Gasteiger partial charge in [-0.1, -0.05) is 6.07 Å². The van der Waals surface area contributed by atoms with Crippen molar-refractivity contribution in [3.63, 3.8) is 0 Å².